The van der Waals surface area contributed by atoms with Crippen LogP contribution in [0.5, 0.6) is 0 Å². The van der Waals surface area contributed by atoms with Gasteiger partial charge in [-0.05, 0) is 53.6 Å². The van der Waals surface area contributed by atoms with Crippen molar-refractivity contribution in [1.82, 2.24) is 15.0 Å². The van der Waals surface area contributed by atoms with Crippen LogP contribution in [-0.4, -0.2) is 15.0 Å². The van der Waals surface area contributed by atoms with E-state index in [1.54, 1.807) is 6.20 Å². The minimum Gasteiger partial charge on any atom is -0.255 e. The molecule has 3 nitrogen and oxygen atoms in total. The normalized spacial score (nSPS) is 11.1. The van der Waals surface area contributed by atoms with E-state index in [1.165, 1.54) is 0 Å². The van der Waals surface area contributed by atoms with Crippen molar-refractivity contribution >= 4 is 21.8 Å². The molecule has 3 heterocycles. The maximum atomic E-state index is 4.86. The largest absolute Gasteiger partial charge is 0.255 e. The Kier molecular flexibility index (Phi) is 4.43. The molecule has 0 amide bonds. The average Bonchev–Trinajstić information content (AvgIpc) is 2.88. The molecule has 0 N–H and O–H groups in total. The molecular weight excluding hydrogens is 390 g/mol. The number of hydrogen-bond donors (Lipinski definition) is 0. The monoisotopic (exact) mass is 409 g/mol. The Morgan fingerprint density at radius 3 is 2.00 bits per heavy atom. The zero-order valence-corrected chi connectivity index (χ0v) is 17.3. The fraction of sp³-hybridized carbons (Fsp3) is 0. The number of benzene rings is 3. The summed E-state index contributed by atoms with van der Waals surface area (Å²) in [6, 6.07) is 37.4. The van der Waals surface area contributed by atoms with E-state index in [1.807, 2.05) is 42.5 Å². The molecule has 6 aromatic rings. The lowest BCUT2D eigenvalue weighted by Gasteiger charge is -2.08. The van der Waals surface area contributed by atoms with Crippen LogP contribution in [0.4, 0.5) is 0 Å². The number of pyridine rings is 3. The van der Waals surface area contributed by atoms with E-state index in [4.69, 9.17) is 9.97 Å². The lowest BCUT2D eigenvalue weighted by atomic mass is 10.0. The molecule has 0 aliphatic carbocycles. The van der Waals surface area contributed by atoms with Gasteiger partial charge in [-0.3, -0.25) is 4.98 Å². The molecule has 0 aliphatic rings. The first kappa shape index (κ1) is 18.4. The molecule has 0 aliphatic heterocycles. The van der Waals surface area contributed by atoms with Crippen molar-refractivity contribution in [1.29, 1.82) is 0 Å². The maximum absolute atomic E-state index is 4.86. The number of fused-ring (bicyclic) bond motifs is 2. The van der Waals surface area contributed by atoms with Crippen molar-refractivity contribution in [3.05, 3.63) is 115 Å². The van der Waals surface area contributed by atoms with Gasteiger partial charge in [0.05, 0.1) is 28.1 Å². The summed E-state index contributed by atoms with van der Waals surface area (Å²) in [5.41, 5.74) is 8.12. The Labute approximate surface area is 186 Å². The predicted molar refractivity (Wildman–Crippen MR) is 131 cm³/mol. The van der Waals surface area contributed by atoms with Crippen molar-refractivity contribution in [3.63, 3.8) is 0 Å². The van der Waals surface area contributed by atoms with Gasteiger partial charge in [0, 0.05) is 22.5 Å². The first-order valence-electron chi connectivity index (χ1n) is 10.6. The van der Waals surface area contributed by atoms with Crippen LogP contribution in [0, 0.1) is 0 Å². The third kappa shape index (κ3) is 3.40. The fourth-order valence-electron chi connectivity index (χ4n) is 4.03. The van der Waals surface area contributed by atoms with Crippen molar-refractivity contribution in [3.8, 4) is 33.8 Å². The highest BCUT2D eigenvalue weighted by Gasteiger charge is 2.07. The smallest absolute Gasteiger partial charge is 0.0893 e. The lowest BCUT2D eigenvalue weighted by Crippen LogP contribution is -1.89. The van der Waals surface area contributed by atoms with Gasteiger partial charge in [0.15, 0.2) is 0 Å². The van der Waals surface area contributed by atoms with Crippen molar-refractivity contribution < 1.29 is 0 Å². The highest BCUT2D eigenvalue weighted by molar-refractivity contribution is 5.90. The molecule has 3 aromatic carbocycles. The highest BCUT2D eigenvalue weighted by atomic mass is 14.8. The van der Waals surface area contributed by atoms with Gasteiger partial charge in [0.2, 0.25) is 0 Å². The summed E-state index contributed by atoms with van der Waals surface area (Å²) in [4.78, 5) is 14.2. The fourth-order valence-corrected chi connectivity index (χ4v) is 4.03. The molecule has 0 saturated heterocycles. The van der Waals surface area contributed by atoms with Gasteiger partial charge in [-0.15, -0.1) is 0 Å². The van der Waals surface area contributed by atoms with Crippen LogP contribution in [0.3, 0.4) is 0 Å². The van der Waals surface area contributed by atoms with E-state index in [0.717, 1.165) is 55.6 Å². The minimum atomic E-state index is 0.880. The molecule has 32 heavy (non-hydrogen) atoms. The van der Waals surface area contributed by atoms with Crippen LogP contribution < -0.4 is 0 Å². The first-order chi connectivity index (χ1) is 15.8. The molecule has 150 valence electrons. The Balaban J connectivity index is 1.40. The van der Waals surface area contributed by atoms with E-state index in [2.05, 4.69) is 71.7 Å². The van der Waals surface area contributed by atoms with Crippen molar-refractivity contribution in [2.45, 2.75) is 0 Å². The molecule has 3 aromatic heterocycles. The SMILES string of the molecule is c1ccc(-c2ccc3cc(-c4ccc5ccc(-c6ccccn6)nc5c4)ccc3n2)cc1. The summed E-state index contributed by atoms with van der Waals surface area (Å²) >= 11 is 0. The zero-order valence-electron chi connectivity index (χ0n) is 17.3. The predicted octanol–water partition coefficient (Wildman–Crippen LogP) is 7.18. The number of nitrogens with zero attached hydrogens (tertiary/aromatic N) is 3. The molecular formula is C29H19N3. The van der Waals surface area contributed by atoms with Gasteiger partial charge in [-0.2, -0.15) is 0 Å². The number of rotatable bonds is 3. The van der Waals surface area contributed by atoms with Gasteiger partial charge < -0.3 is 0 Å². The summed E-state index contributed by atoms with van der Waals surface area (Å²) < 4.78 is 0. The second-order valence-corrected chi connectivity index (χ2v) is 7.79. The third-order valence-corrected chi connectivity index (χ3v) is 5.71. The van der Waals surface area contributed by atoms with Crippen LogP contribution in [-0.2, 0) is 0 Å². The van der Waals surface area contributed by atoms with E-state index in [9.17, 15) is 0 Å². The summed E-state index contributed by atoms with van der Waals surface area (Å²) in [5, 5.41) is 2.24. The molecule has 0 radical (unpaired) electrons. The minimum absolute atomic E-state index is 0.880. The highest BCUT2D eigenvalue weighted by Crippen LogP contribution is 2.29. The van der Waals surface area contributed by atoms with Crippen LogP contribution in [0.1, 0.15) is 0 Å². The summed E-state index contributed by atoms with van der Waals surface area (Å²) in [6.45, 7) is 0. The lowest BCUT2D eigenvalue weighted by molar-refractivity contribution is 1.28. The van der Waals surface area contributed by atoms with E-state index < -0.39 is 0 Å². The summed E-state index contributed by atoms with van der Waals surface area (Å²) in [7, 11) is 0. The van der Waals surface area contributed by atoms with Crippen LogP contribution in [0.25, 0.3) is 55.6 Å². The quantitative estimate of drug-likeness (QED) is 0.311. The van der Waals surface area contributed by atoms with E-state index >= 15 is 0 Å². The van der Waals surface area contributed by atoms with Crippen molar-refractivity contribution in [2.24, 2.45) is 0 Å². The van der Waals surface area contributed by atoms with Gasteiger partial charge in [-0.25, -0.2) is 9.97 Å². The van der Waals surface area contributed by atoms with Gasteiger partial charge in [0.1, 0.15) is 0 Å². The molecule has 0 atom stereocenters. The van der Waals surface area contributed by atoms with E-state index in [0.29, 0.717) is 0 Å². The molecule has 0 saturated carbocycles. The van der Waals surface area contributed by atoms with Gasteiger partial charge >= 0.3 is 0 Å². The Bertz CT molecular complexity index is 1560. The Morgan fingerprint density at radius 2 is 1.12 bits per heavy atom. The summed E-state index contributed by atoms with van der Waals surface area (Å²) in [5.74, 6) is 0. The van der Waals surface area contributed by atoms with Gasteiger partial charge in [-0.1, -0.05) is 66.7 Å². The van der Waals surface area contributed by atoms with Gasteiger partial charge in [0.25, 0.3) is 0 Å². The van der Waals surface area contributed by atoms with E-state index in [-0.39, 0.29) is 0 Å². The number of hydrogen-bond acceptors (Lipinski definition) is 3. The molecule has 0 spiro atoms. The standard InChI is InChI=1S/C29H19N3/c1-2-6-20(7-3-1)25-15-13-24-18-22(12-14-26(24)31-25)23-10-9-21-11-16-28(32-29(21)19-23)27-8-4-5-17-30-27/h1-19H. The second-order valence-electron chi connectivity index (χ2n) is 7.79. The van der Waals surface area contributed by atoms with Crippen LogP contribution in [0.15, 0.2) is 115 Å². The second kappa shape index (κ2) is 7.71. The molecule has 6 rings (SSSR count). The molecule has 0 fully saturated rings. The first-order valence-corrected chi connectivity index (χ1v) is 10.6. The summed E-state index contributed by atoms with van der Waals surface area (Å²) in [6.07, 6.45) is 1.80. The maximum Gasteiger partial charge on any atom is 0.0893 e. The Morgan fingerprint density at radius 1 is 0.406 bits per heavy atom. The van der Waals surface area contributed by atoms with Crippen LogP contribution >= 0.6 is 0 Å². The molecule has 3 heteroatoms. The average molecular weight is 409 g/mol. The topological polar surface area (TPSA) is 38.7 Å². The molecule has 0 unspecified atom stereocenters. The molecule has 0 bridgehead atoms. The zero-order chi connectivity index (χ0) is 21.3. The van der Waals surface area contributed by atoms with Crippen LogP contribution in [0.2, 0.25) is 0 Å². The third-order valence-electron chi connectivity index (χ3n) is 5.71. The number of aromatic nitrogens is 3. The van der Waals surface area contributed by atoms with Crippen molar-refractivity contribution in [2.75, 3.05) is 0 Å². The Hall–Kier alpha value is -4.37.